The van der Waals surface area contributed by atoms with E-state index < -0.39 is 0 Å². The average Bonchev–Trinajstić information content (AvgIpc) is 2.32. The van der Waals surface area contributed by atoms with E-state index in [4.69, 9.17) is 17.3 Å². The molecule has 0 bridgehead atoms. The molecular weight excluding hydrogens is 202 g/mol. The fourth-order valence-electron chi connectivity index (χ4n) is 1.98. The van der Waals surface area contributed by atoms with Gasteiger partial charge in [-0.25, -0.2) is 0 Å². The Morgan fingerprint density at radius 1 is 1.23 bits per heavy atom. The van der Waals surface area contributed by atoms with E-state index in [0.717, 1.165) is 4.34 Å². The highest BCUT2D eigenvalue weighted by Gasteiger charge is 2.17. The number of hydrogen-bond acceptors (Lipinski definition) is 2. The average molecular weight is 216 g/mol. The number of fused-ring (bicyclic) bond motifs is 1. The maximum Gasteiger partial charge on any atom is 0.0978 e. The van der Waals surface area contributed by atoms with E-state index in [2.05, 4.69) is 0 Å². The van der Waals surface area contributed by atoms with Gasteiger partial charge in [0.25, 0.3) is 0 Å². The number of aryl methyl sites for hydroxylation is 1. The third kappa shape index (κ3) is 1.76. The van der Waals surface area contributed by atoms with Crippen molar-refractivity contribution in [3.8, 4) is 0 Å². The fourth-order valence-corrected chi connectivity index (χ4v) is 3.59. The van der Waals surface area contributed by atoms with Crippen molar-refractivity contribution in [3.63, 3.8) is 0 Å². The van der Waals surface area contributed by atoms with Crippen molar-refractivity contribution in [1.29, 1.82) is 0 Å². The van der Waals surface area contributed by atoms with Crippen LogP contribution in [0.4, 0.5) is 0 Å². The first-order chi connectivity index (χ1) is 6.33. The van der Waals surface area contributed by atoms with E-state index in [9.17, 15) is 0 Å². The number of nitrogens with two attached hydrogens (primary N) is 1. The van der Waals surface area contributed by atoms with Crippen molar-refractivity contribution in [3.05, 3.63) is 20.3 Å². The number of hydrogen-bond donors (Lipinski definition) is 1. The summed E-state index contributed by atoms with van der Waals surface area (Å²) in [6, 6.07) is 0. The Hall–Kier alpha value is -0.0500. The van der Waals surface area contributed by atoms with Gasteiger partial charge in [0.2, 0.25) is 0 Å². The zero-order valence-electron chi connectivity index (χ0n) is 7.61. The van der Waals surface area contributed by atoms with Gasteiger partial charge in [-0.3, -0.25) is 0 Å². The minimum atomic E-state index is 0.602. The summed E-state index contributed by atoms with van der Waals surface area (Å²) in [5.41, 5.74) is 8.37. The Kier molecular flexibility index (Phi) is 2.92. The summed E-state index contributed by atoms with van der Waals surface area (Å²) >= 11 is 7.87. The summed E-state index contributed by atoms with van der Waals surface area (Å²) in [5.74, 6) is 0. The van der Waals surface area contributed by atoms with Crippen LogP contribution in [0, 0.1) is 0 Å². The molecule has 13 heavy (non-hydrogen) atoms. The summed E-state index contributed by atoms with van der Waals surface area (Å²) < 4.78 is 0.925. The first-order valence-corrected chi connectivity index (χ1v) is 6.01. The van der Waals surface area contributed by atoms with Crippen LogP contribution in [0.25, 0.3) is 0 Å². The topological polar surface area (TPSA) is 26.0 Å². The van der Waals surface area contributed by atoms with E-state index in [1.54, 1.807) is 11.3 Å². The smallest absolute Gasteiger partial charge is 0.0978 e. The molecule has 0 atom stereocenters. The van der Waals surface area contributed by atoms with Gasteiger partial charge < -0.3 is 5.73 Å². The van der Waals surface area contributed by atoms with Crippen LogP contribution in [-0.4, -0.2) is 0 Å². The van der Waals surface area contributed by atoms with Crippen LogP contribution in [0.1, 0.15) is 35.3 Å². The lowest BCUT2D eigenvalue weighted by molar-refractivity contribution is 0.711. The molecular formula is C10H14ClNS. The van der Waals surface area contributed by atoms with Gasteiger partial charge in [-0.05, 0) is 36.8 Å². The molecule has 1 aliphatic rings. The highest BCUT2D eigenvalue weighted by Crippen LogP contribution is 2.36. The molecule has 72 valence electrons. The van der Waals surface area contributed by atoms with Gasteiger partial charge in [0.05, 0.1) is 4.34 Å². The van der Waals surface area contributed by atoms with Crippen LogP contribution in [0.15, 0.2) is 0 Å². The van der Waals surface area contributed by atoms with Crippen LogP contribution >= 0.6 is 22.9 Å². The minimum absolute atomic E-state index is 0.602. The van der Waals surface area contributed by atoms with Crippen molar-refractivity contribution in [2.24, 2.45) is 5.73 Å². The summed E-state index contributed by atoms with van der Waals surface area (Å²) in [7, 11) is 0. The first-order valence-electron chi connectivity index (χ1n) is 4.82. The lowest BCUT2D eigenvalue weighted by Crippen LogP contribution is -1.99. The van der Waals surface area contributed by atoms with Crippen molar-refractivity contribution in [2.75, 3.05) is 0 Å². The standard InChI is InChI=1S/C10H14ClNS/c11-10-8(6-12)7-4-2-1-3-5-9(7)13-10/h1-6,12H2. The van der Waals surface area contributed by atoms with Gasteiger partial charge in [0, 0.05) is 11.4 Å². The molecule has 0 fully saturated rings. The van der Waals surface area contributed by atoms with E-state index in [-0.39, 0.29) is 0 Å². The molecule has 0 aliphatic heterocycles. The molecule has 1 aromatic rings. The van der Waals surface area contributed by atoms with E-state index >= 15 is 0 Å². The molecule has 0 saturated carbocycles. The Bertz CT molecular complexity index is 306. The largest absolute Gasteiger partial charge is 0.326 e. The maximum absolute atomic E-state index is 6.13. The molecule has 0 unspecified atom stereocenters. The summed E-state index contributed by atoms with van der Waals surface area (Å²) in [4.78, 5) is 1.49. The lowest BCUT2D eigenvalue weighted by Gasteiger charge is -2.00. The molecule has 0 saturated heterocycles. The SMILES string of the molecule is NCc1c(Cl)sc2c1CCCCC2. The van der Waals surface area contributed by atoms with Gasteiger partial charge in [0.1, 0.15) is 0 Å². The van der Waals surface area contributed by atoms with Crippen LogP contribution in [0.3, 0.4) is 0 Å². The van der Waals surface area contributed by atoms with Crippen molar-refractivity contribution >= 4 is 22.9 Å². The van der Waals surface area contributed by atoms with Crippen molar-refractivity contribution in [2.45, 2.75) is 38.6 Å². The van der Waals surface area contributed by atoms with Crippen LogP contribution < -0.4 is 5.73 Å². The lowest BCUT2D eigenvalue weighted by atomic mass is 10.1. The fraction of sp³-hybridized carbons (Fsp3) is 0.600. The molecule has 0 spiro atoms. The molecule has 1 aromatic heterocycles. The van der Waals surface area contributed by atoms with Crippen LogP contribution in [-0.2, 0) is 19.4 Å². The molecule has 2 rings (SSSR count). The zero-order valence-corrected chi connectivity index (χ0v) is 9.18. The number of thiophene rings is 1. The molecule has 2 N–H and O–H groups in total. The summed E-state index contributed by atoms with van der Waals surface area (Å²) in [6.07, 6.45) is 6.36. The molecule has 3 heteroatoms. The van der Waals surface area contributed by atoms with Gasteiger partial charge >= 0.3 is 0 Å². The predicted molar refractivity (Wildman–Crippen MR) is 58.5 cm³/mol. The molecule has 0 amide bonds. The maximum atomic E-state index is 6.13. The molecule has 1 nitrogen and oxygen atoms in total. The Balaban J connectivity index is 2.41. The minimum Gasteiger partial charge on any atom is -0.326 e. The Morgan fingerprint density at radius 3 is 2.77 bits per heavy atom. The third-order valence-corrected chi connectivity index (χ3v) is 4.27. The summed E-state index contributed by atoms with van der Waals surface area (Å²) in [6.45, 7) is 0.602. The van der Waals surface area contributed by atoms with E-state index in [1.807, 2.05) is 0 Å². The molecule has 1 aliphatic carbocycles. The van der Waals surface area contributed by atoms with Gasteiger partial charge in [0.15, 0.2) is 0 Å². The number of halogens is 1. The van der Waals surface area contributed by atoms with Gasteiger partial charge in [-0.2, -0.15) is 0 Å². The second-order valence-corrected chi connectivity index (χ2v) is 5.23. The number of rotatable bonds is 1. The zero-order chi connectivity index (χ0) is 9.26. The van der Waals surface area contributed by atoms with Crippen molar-refractivity contribution < 1.29 is 0 Å². The molecule has 1 heterocycles. The second kappa shape index (κ2) is 3.99. The van der Waals surface area contributed by atoms with Gasteiger partial charge in [-0.1, -0.05) is 18.0 Å². The normalized spacial score (nSPS) is 16.8. The van der Waals surface area contributed by atoms with Gasteiger partial charge in [-0.15, -0.1) is 11.3 Å². The highest BCUT2D eigenvalue weighted by atomic mass is 35.5. The summed E-state index contributed by atoms with van der Waals surface area (Å²) in [5, 5.41) is 0. The Labute approximate surface area is 87.9 Å². The van der Waals surface area contributed by atoms with E-state index in [0.29, 0.717) is 6.54 Å². The first kappa shape index (κ1) is 9.50. The van der Waals surface area contributed by atoms with Crippen molar-refractivity contribution in [1.82, 2.24) is 0 Å². The Morgan fingerprint density at radius 2 is 2.00 bits per heavy atom. The molecule has 0 aromatic carbocycles. The highest BCUT2D eigenvalue weighted by molar-refractivity contribution is 7.16. The monoisotopic (exact) mass is 215 g/mol. The van der Waals surface area contributed by atoms with Crippen LogP contribution in [0.5, 0.6) is 0 Å². The molecule has 0 radical (unpaired) electrons. The second-order valence-electron chi connectivity index (χ2n) is 3.52. The third-order valence-electron chi connectivity index (χ3n) is 2.69. The predicted octanol–water partition coefficient (Wildman–Crippen LogP) is 3.13. The van der Waals surface area contributed by atoms with Crippen LogP contribution in [0.2, 0.25) is 4.34 Å². The quantitative estimate of drug-likeness (QED) is 0.716. The van der Waals surface area contributed by atoms with E-state index in [1.165, 1.54) is 48.1 Å².